The SMILES string of the molecule is CCC(C)(CCCC(C)(C)C(=O)OCCOC(=O)/C=C/c1ccccc1)C(=O)OCCOC(C)=O. The van der Waals surface area contributed by atoms with Gasteiger partial charge in [0.15, 0.2) is 0 Å². The van der Waals surface area contributed by atoms with E-state index in [1.165, 1.54) is 13.0 Å². The van der Waals surface area contributed by atoms with E-state index in [4.69, 9.17) is 18.9 Å². The number of hydrogen-bond acceptors (Lipinski definition) is 8. The van der Waals surface area contributed by atoms with E-state index in [9.17, 15) is 19.2 Å². The number of carbonyl (C=O) groups excluding carboxylic acids is 4. The van der Waals surface area contributed by atoms with Gasteiger partial charge < -0.3 is 18.9 Å². The molecule has 0 amide bonds. The summed E-state index contributed by atoms with van der Waals surface area (Å²) in [5, 5.41) is 0. The third kappa shape index (κ3) is 11.7. The molecule has 0 radical (unpaired) electrons. The van der Waals surface area contributed by atoms with Gasteiger partial charge in [0, 0.05) is 13.0 Å². The molecule has 1 rings (SSSR count). The summed E-state index contributed by atoms with van der Waals surface area (Å²) in [6, 6.07) is 9.36. The Bertz CT molecular complexity index is 859. The molecule has 0 bridgehead atoms. The Labute approximate surface area is 208 Å². The first-order valence-corrected chi connectivity index (χ1v) is 11.9. The molecule has 1 aromatic rings. The van der Waals surface area contributed by atoms with Crippen molar-refractivity contribution in [1.29, 1.82) is 0 Å². The zero-order valence-electron chi connectivity index (χ0n) is 21.5. The Kier molecular flexibility index (Phi) is 12.8. The van der Waals surface area contributed by atoms with E-state index in [1.807, 2.05) is 44.2 Å². The first-order valence-electron chi connectivity index (χ1n) is 11.9. The number of benzene rings is 1. The second kappa shape index (κ2) is 15.0. The van der Waals surface area contributed by atoms with E-state index in [-0.39, 0.29) is 32.4 Å². The smallest absolute Gasteiger partial charge is 0.330 e. The lowest BCUT2D eigenvalue weighted by molar-refractivity contribution is -0.160. The molecule has 0 saturated carbocycles. The minimum atomic E-state index is -0.759. The van der Waals surface area contributed by atoms with Crippen molar-refractivity contribution in [2.75, 3.05) is 26.4 Å². The summed E-state index contributed by atoms with van der Waals surface area (Å²) in [5.74, 6) is -1.68. The van der Waals surface area contributed by atoms with E-state index in [0.29, 0.717) is 25.7 Å². The van der Waals surface area contributed by atoms with Crippen LogP contribution in [0.5, 0.6) is 0 Å². The lowest BCUT2D eigenvalue weighted by Gasteiger charge is -2.28. The third-order valence-corrected chi connectivity index (χ3v) is 5.75. The fourth-order valence-corrected chi connectivity index (χ4v) is 3.19. The molecule has 1 atom stereocenters. The Hall–Kier alpha value is -3.16. The van der Waals surface area contributed by atoms with Crippen LogP contribution in [0.3, 0.4) is 0 Å². The molecule has 194 valence electrons. The molecule has 1 aromatic carbocycles. The first kappa shape index (κ1) is 29.9. The van der Waals surface area contributed by atoms with Crippen LogP contribution in [0.2, 0.25) is 0 Å². The maximum Gasteiger partial charge on any atom is 0.330 e. The summed E-state index contributed by atoms with van der Waals surface area (Å²) in [4.78, 5) is 47.6. The standard InChI is InChI=1S/C27H38O8/c1-6-27(5,25(31)35-19-17-32-21(2)28)16-10-15-26(3,4)24(30)34-20-18-33-23(29)14-13-22-11-8-7-9-12-22/h7-9,11-14H,6,10,15-20H2,1-5H3/b14-13+. The van der Waals surface area contributed by atoms with Gasteiger partial charge in [-0.2, -0.15) is 0 Å². The van der Waals surface area contributed by atoms with Gasteiger partial charge in [0.2, 0.25) is 0 Å². The molecule has 0 fully saturated rings. The second-order valence-corrected chi connectivity index (χ2v) is 9.18. The van der Waals surface area contributed by atoms with Crippen molar-refractivity contribution in [3.63, 3.8) is 0 Å². The van der Waals surface area contributed by atoms with Crippen LogP contribution in [0, 0.1) is 10.8 Å². The van der Waals surface area contributed by atoms with Crippen LogP contribution in [-0.2, 0) is 38.1 Å². The van der Waals surface area contributed by atoms with Crippen LogP contribution >= 0.6 is 0 Å². The maximum absolute atomic E-state index is 12.5. The molecule has 0 aromatic heterocycles. The predicted octanol–water partition coefficient (Wildman–Crippen LogP) is 4.51. The highest BCUT2D eigenvalue weighted by molar-refractivity contribution is 5.87. The molecule has 0 heterocycles. The van der Waals surface area contributed by atoms with Gasteiger partial charge in [-0.3, -0.25) is 14.4 Å². The van der Waals surface area contributed by atoms with Crippen molar-refractivity contribution in [3.05, 3.63) is 42.0 Å². The first-order chi connectivity index (χ1) is 16.5. The number of carbonyl (C=O) groups is 4. The fraction of sp³-hybridized carbons (Fsp3) is 0.556. The van der Waals surface area contributed by atoms with E-state index in [1.54, 1.807) is 19.9 Å². The number of hydrogen-bond donors (Lipinski definition) is 0. The highest BCUT2D eigenvalue weighted by atomic mass is 16.6. The molecule has 8 nitrogen and oxygen atoms in total. The van der Waals surface area contributed by atoms with Crippen molar-refractivity contribution in [3.8, 4) is 0 Å². The molecular weight excluding hydrogens is 452 g/mol. The van der Waals surface area contributed by atoms with Gasteiger partial charge in [-0.25, -0.2) is 4.79 Å². The zero-order chi connectivity index (χ0) is 26.3. The molecule has 0 spiro atoms. The summed E-state index contributed by atoms with van der Waals surface area (Å²) < 4.78 is 20.4. The van der Waals surface area contributed by atoms with E-state index >= 15 is 0 Å². The molecule has 0 N–H and O–H groups in total. The van der Waals surface area contributed by atoms with Crippen molar-refractivity contribution in [2.24, 2.45) is 10.8 Å². The Morgan fingerprint density at radius 1 is 0.800 bits per heavy atom. The van der Waals surface area contributed by atoms with Gasteiger partial charge in [0.25, 0.3) is 0 Å². The monoisotopic (exact) mass is 490 g/mol. The Morgan fingerprint density at radius 2 is 1.37 bits per heavy atom. The topological polar surface area (TPSA) is 105 Å². The summed E-state index contributed by atoms with van der Waals surface area (Å²) in [6.45, 7) is 8.56. The quantitative estimate of drug-likeness (QED) is 0.153. The molecular formula is C27H38O8. The number of esters is 4. The lowest BCUT2D eigenvalue weighted by atomic mass is 9.79. The average Bonchev–Trinajstić information content (AvgIpc) is 2.83. The van der Waals surface area contributed by atoms with Crippen LogP contribution in [0.1, 0.15) is 65.9 Å². The summed E-state index contributed by atoms with van der Waals surface area (Å²) >= 11 is 0. The van der Waals surface area contributed by atoms with Gasteiger partial charge in [-0.15, -0.1) is 0 Å². The zero-order valence-corrected chi connectivity index (χ0v) is 21.5. The van der Waals surface area contributed by atoms with E-state index in [0.717, 1.165) is 5.56 Å². The Balaban J connectivity index is 2.36. The Morgan fingerprint density at radius 3 is 1.97 bits per heavy atom. The van der Waals surface area contributed by atoms with Crippen molar-refractivity contribution in [1.82, 2.24) is 0 Å². The summed E-state index contributed by atoms with van der Waals surface area (Å²) in [5.41, 5.74) is -0.574. The predicted molar refractivity (Wildman–Crippen MR) is 131 cm³/mol. The molecule has 0 aliphatic heterocycles. The lowest BCUT2D eigenvalue weighted by Crippen LogP contribution is -2.32. The molecule has 35 heavy (non-hydrogen) atoms. The van der Waals surface area contributed by atoms with E-state index < -0.39 is 28.7 Å². The van der Waals surface area contributed by atoms with Gasteiger partial charge in [0.05, 0.1) is 10.8 Å². The van der Waals surface area contributed by atoms with Crippen molar-refractivity contribution >= 4 is 30.0 Å². The van der Waals surface area contributed by atoms with Crippen molar-refractivity contribution in [2.45, 2.75) is 60.3 Å². The largest absolute Gasteiger partial charge is 0.462 e. The number of ether oxygens (including phenoxy) is 4. The summed E-state index contributed by atoms with van der Waals surface area (Å²) in [6.07, 6.45) is 5.23. The van der Waals surface area contributed by atoms with Crippen LogP contribution < -0.4 is 0 Å². The van der Waals surface area contributed by atoms with E-state index in [2.05, 4.69) is 0 Å². The minimum absolute atomic E-state index is 0.0123. The van der Waals surface area contributed by atoms with Gasteiger partial charge in [0.1, 0.15) is 26.4 Å². The van der Waals surface area contributed by atoms with Gasteiger partial charge in [-0.1, -0.05) is 43.7 Å². The van der Waals surface area contributed by atoms with Crippen LogP contribution in [0.4, 0.5) is 0 Å². The minimum Gasteiger partial charge on any atom is -0.462 e. The molecule has 0 saturated heterocycles. The third-order valence-electron chi connectivity index (χ3n) is 5.75. The average molecular weight is 491 g/mol. The van der Waals surface area contributed by atoms with Crippen LogP contribution in [0.15, 0.2) is 36.4 Å². The molecule has 1 unspecified atom stereocenters. The molecule has 0 aliphatic rings. The van der Waals surface area contributed by atoms with Gasteiger partial charge in [-0.05, 0) is 51.7 Å². The van der Waals surface area contributed by atoms with Crippen LogP contribution in [-0.4, -0.2) is 50.3 Å². The normalized spacial score (nSPS) is 13.1. The van der Waals surface area contributed by atoms with Gasteiger partial charge >= 0.3 is 23.9 Å². The summed E-state index contributed by atoms with van der Waals surface area (Å²) in [7, 11) is 0. The fourth-order valence-electron chi connectivity index (χ4n) is 3.19. The highest BCUT2D eigenvalue weighted by Crippen LogP contribution is 2.33. The van der Waals surface area contributed by atoms with Crippen LogP contribution in [0.25, 0.3) is 6.08 Å². The number of rotatable bonds is 15. The second-order valence-electron chi connectivity index (χ2n) is 9.18. The maximum atomic E-state index is 12.5. The molecule has 8 heteroatoms. The molecule has 0 aliphatic carbocycles. The highest BCUT2D eigenvalue weighted by Gasteiger charge is 2.35. The van der Waals surface area contributed by atoms with Crippen molar-refractivity contribution < 1.29 is 38.1 Å².